The molecule has 44 heavy (non-hydrogen) atoms. The maximum Gasteiger partial charge on any atom is 0.339 e. The molecule has 0 aliphatic carbocycles. The number of ether oxygens (including phenoxy) is 1. The molecule has 1 fully saturated rings. The third-order valence-corrected chi connectivity index (χ3v) is 7.40. The fourth-order valence-corrected chi connectivity index (χ4v) is 5.37. The van der Waals surface area contributed by atoms with Crippen LogP contribution in [0.5, 0.6) is 5.75 Å². The predicted molar refractivity (Wildman–Crippen MR) is 165 cm³/mol. The highest BCUT2D eigenvalue weighted by molar-refractivity contribution is 7.88. The second-order valence-corrected chi connectivity index (χ2v) is 12.0. The zero-order valence-corrected chi connectivity index (χ0v) is 26.0. The van der Waals surface area contributed by atoms with Gasteiger partial charge in [0.05, 0.1) is 19.1 Å². The Balaban J connectivity index is 0.000000523. The smallest absolute Gasteiger partial charge is 0.339 e. The molecule has 8 N–H and O–H groups in total. The van der Waals surface area contributed by atoms with Crippen molar-refractivity contribution in [1.82, 2.24) is 14.8 Å². The fraction of sp³-hybridized carbons (Fsp3) is 0.448. The van der Waals surface area contributed by atoms with Crippen molar-refractivity contribution in [3.8, 4) is 5.75 Å². The van der Waals surface area contributed by atoms with Gasteiger partial charge in [0.25, 0.3) is 0 Å². The maximum atomic E-state index is 13.1. The van der Waals surface area contributed by atoms with Gasteiger partial charge >= 0.3 is 28.2 Å². The number of carboxylic acids is 1. The molecule has 1 atom stereocenters. The minimum atomic E-state index is -4.23. The number of carboxylic acid groups (broad SMARTS) is 1. The Labute approximate surface area is 257 Å². The van der Waals surface area contributed by atoms with Crippen molar-refractivity contribution in [1.29, 1.82) is 0 Å². The predicted octanol–water partition coefficient (Wildman–Crippen LogP) is 2.79. The van der Waals surface area contributed by atoms with E-state index in [1.807, 2.05) is 6.07 Å². The van der Waals surface area contributed by atoms with E-state index >= 15 is 0 Å². The van der Waals surface area contributed by atoms with E-state index in [4.69, 9.17) is 4.74 Å². The van der Waals surface area contributed by atoms with Crippen LogP contribution in [0.2, 0.25) is 0 Å². The average molecular weight is 635 g/mol. The zero-order valence-electron chi connectivity index (χ0n) is 25.2. The monoisotopic (exact) mass is 634 g/mol. The number of amides is 5. The number of rotatable bonds is 12. The van der Waals surface area contributed by atoms with Gasteiger partial charge in [-0.3, -0.25) is 4.79 Å². The number of urea groups is 2. The lowest BCUT2D eigenvalue weighted by atomic mass is 9.94. The molecule has 1 aliphatic rings. The number of carbonyl (C=O) groups is 4. The molecule has 0 spiro atoms. The Hall–Kier alpha value is -4.53. The standard InChI is InChI=1S/C27H36N2O4.C2H6N4O4S/c1-4-33-25-17-20(12-13-22(25)27(31)32)18-26(30)28-23(16-19(2)3)21-10-6-7-11-24(21)29-14-8-5-9-15-29;3-1(7)5-11(9,10)6-2(4)8/h6-7,10-13,17,19,23H,4-5,8-9,14-16,18H2,1-3H3,(H,28,30)(H,31,32);(H3,3,5,7)(H3,4,6,8)/t23-;/m0./s1. The molecule has 0 aromatic heterocycles. The van der Waals surface area contributed by atoms with Crippen LogP contribution in [0.25, 0.3) is 0 Å². The molecular weight excluding hydrogens is 592 g/mol. The molecule has 0 saturated carbocycles. The molecule has 1 aliphatic heterocycles. The fourth-order valence-electron chi connectivity index (χ4n) is 4.79. The van der Waals surface area contributed by atoms with Crippen LogP contribution in [-0.2, 0) is 21.4 Å². The number of para-hydroxylation sites is 1. The van der Waals surface area contributed by atoms with E-state index in [0.717, 1.165) is 30.6 Å². The molecule has 1 heterocycles. The van der Waals surface area contributed by atoms with Crippen molar-refractivity contribution in [2.24, 2.45) is 17.4 Å². The largest absolute Gasteiger partial charge is 0.493 e. The molecule has 15 heteroatoms. The molecule has 2 aromatic carbocycles. The Morgan fingerprint density at radius 3 is 2.14 bits per heavy atom. The van der Waals surface area contributed by atoms with Crippen LogP contribution in [-0.4, -0.2) is 57.2 Å². The lowest BCUT2D eigenvalue weighted by Gasteiger charge is -2.33. The van der Waals surface area contributed by atoms with E-state index in [1.54, 1.807) is 19.1 Å². The summed E-state index contributed by atoms with van der Waals surface area (Å²) >= 11 is 0. The topological polar surface area (TPSA) is 223 Å². The number of primary amides is 2. The van der Waals surface area contributed by atoms with Crippen LogP contribution in [0.3, 0.4) is 0 Å². The van der Waals surface area contributed by atoms with Gasteiger partial charge in [-0.1, -0.05) is 38.1 Å². The first kappa shape index (κ1) is 35.7. The van der Waals surface area contributed by atoms with Gasteiger partial charge in [-0.2, -0.15) is 8.42 Å². The van der Waals surface area contributed by atoms with E-state index in [9.17, 15) is 32.7 Å². The number of anilines is 1. The van der Waals surface area contributed by atoms with Crippen LogP contribution in [0.1, 0.15) is 74.0 Å². The highest BCUT2D eigenvalue weighted by Gasteiger charge is 2.23. The summed E-state index contributed by atoms with van der Waals surface area (Å²) in [4.78, 5) is 46.8. The number of aromatic carboxylic acids is 1. The van der Waals surface area contributed by atoms with Gasteiger partial charge in [-0.15, -0.1) is 0 Å². The molecule has 0 bridgehead atoms. The first-order valence-electron chi connectivity index (χ1n) is 14.2. The summed E-state index contributed by atoms with van der Waals surface area (Å²) in [5.41, 5.74) is 12.1. The van der Waals surface area contributed by atoms with Gasteiger partial charge in [0.1, 0.15) is 11.3 Å². The second kappa shape index (κ2) is 16.9. The Morgan fingerprint density at radius 2 is 1.59 bits per heavy atom. The Kier molecular flexibility index (Phi) is 13.7. The van der Waals surface area contributed by atoms with Crippen LogP contribution in [0, 0.1) is 5.92 Å². The number of hydrogen-bond donors (Lipinski definition) is 6. The molecule has 0 unspecified atom stereocenters. The summed E-state index contributed by atoms with van der Waals surface area (Å²) in [5.74, 6) is -0.408. The van der Waals surface area contributed by atoms with E-state index in [0.29, 0.717) is 18.3 Å². The van der Waals surface area contributed by atoms with Gasteiger partial charge < -0.3 is 31.5 Å². The highest BCUT2D eigenvalue weighted by Crippen LogP contribution is 2.32. The van der Waals surface area contributed by atoms with Crippen molar-refractivity contribution in [3.63, 3.8) is 0 Å². The summed E-state index contributed by atoms with van der Waals surface area (Å²) in [6.45, 7) is 8.61. The van der Waals surface area contributed by atoms with Gasteiger partial charge in [-0.25, -0.2) is 23.8 Å². The zero-order chi connectivity index (χ0) is 32.9. The summed E-state index contributed by atoms with van der Waals surface area (Å²) in [7, 11) is -4.23. The van der Waals surface area contributed by atoms with Crippen molar-refractivity contribution in [2.45, 2.75) is 58.9 Å². The van der Waals surface area contributed by atoms with Crippen LogP contribution in [0.4, 0.5) is 15.3 Å². The second-order valence-electron chi connectivity index (χ2n) is 10.5. The Bertz CT molecular complexity index is 1390. The van der Waals surface area contributed by atoms with Gasteiger partial charge in [0.15, 0.2) is 0 Å². The Morgan fingerprint density at radius 1 is 0.977 bits per heavy atom. The van der Waals surface area contributed by atoms with E-state index in [-0.39, 0.29) is 23.9 Å². The third kappa shape index (κ3) is 12.0. The van der Waals surface area contributed by atoms with Crippen molar-refractivity contribution >= 4 is 39.8 Å². The van der Waals surface area contributed by atoms with Crippen molar-refractivity contribution in [3.05, 3.63) is 59.2 Å². The van der Waals surface area contributed by atoms with Crippen LogP contribution >= 0.6 is 0 Å². The minimum Gasteiger partial charge on any atom is -0.493 e. The van der Waals surface area contributed by atoms with Crippen LogP contribution in [0.15, 0.2) is 42.5 Å². The number of benzene rings is 2. The molecule has 3 rings (SSSR count). The lowest BCUT2D eigenvalue weighted by molar-refractivity contribution is -0.121. The number of carbonyl (C=O) groups excluding carboxylic acids is 3. The third-order valence-electron chi connectivity index (χ3n) is 6.46. The SMILES string of the molecule is CCOc1cc(CC(=O)N[C@@H](CC(C)C)c2ccccc2N2CCCCC2)ccc1C(=O)O.NC(=O)NS(=O)(=O)NC(N)=O. The summed E-state index contributed by atoms with van der Waals surface area (Å²) in [5, 5.41) is 12.6. The molecule has 1 saturated heterocycles. The maximum absolute atomic E-state index is 13.1. The van der Waals surface area contributed by atoms with Crippen LogP contribution < -0.4 is 35.9 Å². The quantitative estimate of drug-likeness (QED) is 0.202. The molecule has 242 valence electrons. The molecule has 14 nitrogen and oxygen atoms in total. The molecule has 5 amide bonds. The van der Waals surface area contributed by atoms with E-state index in [2.05, 4.69) is 53.7 Å². The highest BCUT2D eigenvalue weighted by atomic mass is 32.2. The van der Waals surface area contributed by atoms with Gasteiger partial charge in [0, 0.05) is 18.8 Å². The molecular formula is C29H42N6O8S. The van der Waals surface area contributed by atoms with E-state index < -0.39 is 28.2 Å². The number of nitrogens with one attached hydrogen (secondary N) is 3. The van der Waals surface area contributed by atoms with E-state index in [1.165, 1.54) is 40.5 Å². The lowest BCUT2D eigenvalue weighted by Crippen LogP contribution is -2.46. The number of nitrogens with two attached hydrogens (primary N) is 2. The molecule has 0 radical (unpaired) electrons. The van der Waals surface area contributed by atoms with Crippen molar-refractivity contribution in [2.75, 3.05) is 24.6 Å². The summed E-state index contributed by atoms with van der Waals surface area (Å²) in [6, 6.07) is 10.6. The van der Waals surface area contributed by atoms with Gasteiger partial charge in [0.2, 0.25) is 5.91 Å². The van der Waals surface area contributed by atoms with Gasteiger partial charge in [-0.05, 0) is 67.9 Å². The number of nitrogens with zero attached hydrogens (tertiary/aromatic N) is 1. The molecule has 2 aromatic rings. The number of hydrogen-bond acceptors (Lipinski definition) is 8. The minimum absolute atomic E-state index is 0.0831. The first-order valence-corrected chi connectivity index (χ1v) is 15.7. The summed E-state index contributed by atoms with van der Waals surface area (Å²) < 4.78 is 28.8. The average Bonchev–Trinajstić information content (AvgIpc) is 2.92. The normalized spacial score (nSPS) is 13.6. The number of piperidine rings is 1. The van der Waals surface area contributed by atoms with Crippen molar-refractivity contribution < 1.29 is 37.4 Å². The first-order chi connectivity index (χ1) is 20.7. The summed E-state index contributed by atoms with van der Waals surface area (Å²) in [6.07, 6.45) is 4.68.